The van der Waals surface area contributed by atoms with Gasteiger partial charge in [-0.3, -0.25) is 0 Å². The number of aromatic nitrogens is 2. The molecule has 0 fully saturated rings. The minimum atomic E-state index is 0.268. The summed E-state index contributed by atoms with van der Waals surface area (Å²) >= 11 is 1.74. The third kappa shape index (κ3) is 2.30. The van der Waals surface area contributed by atoms with Gasteiger partial charge < -0.3 is 10.3 Å². The van der Waals surface area contributed by atoms with Crippen molar-refractivity contribution in [3.05, 3.63) is 34.3 Å². The quantitative estimate of drug-likeness (QED) is 0.654. The van der Waals surface area contributed by atoms with Crippen LogP contribution in [0.5, 0.6) is 0 Å². The summed E-state index contributed by atoms with van der Waals surface area (Å²) in [5.41, 5.74) is 3.54. The minimum Gasteiger partial charge on any atom is -0.352 e. The average molecular weight is 263 g/mol. The monoisotopic (exact) mass is 263 g/mol. The number of nitrogens with zero attached hydrogens (tertiary/aromatic N) is 3. The zero-order valence-electron chi connectivity index (χ0n) is 10.7. The summed E-state index contributed by atoms with van der Waals surface area (Å²) in [6, 6.07) is 4.46. The molecule has 6 heteroatoms. The van der Waals surface area contributed by atoms with E-state index in [9.17, 15) is 0 Å². The number of hydrogen-bond acceptors (Lipinski definition) is 6. The van der Waals surface area contributed by atoms with Crippen molar-refractivity contribution in [2.45, 2.75) is 19.9 Å². The second-order valence-corrected chi connectivity index (χ2v) is 5.10. The predicted molar refractivity (Wildman–Crippen MR) is 75.7 cm³/mol. The van der Waals surface area contributed by atoms with Gasteiger partial charge in [0.2, 0.25) is 0 Å². The molecule has 0 aliphatic carbocycles. The van der Waals surface area contributed by atoms with Crippen LogP contribution in [0.1, 0.15) is 23.4 Å². The normalized spacial score (nSPS) is 12.2. The fourth-order valence-corrected chi connectivity index (χ4v) is 2.67. The molecule has 0 saturated carbocycles. The van der Waals surface area contributed by atoms with Crippen molar-refractivity contribution >= 4 is 23.0 Å². The van der Waals surface area contributed by atoms with Gasteiger partial charge in [-0.25, -0.2) is 15.8 Å². The number of hydrogen-bond donors (Lipinski definition) is 2. The molecule has 0 aromatic carbocycles. The first kappa shape index (κ1) is 12.8. The maximum atomic E-state index is 5.43. The SMILES string of the molecule is Cc1c(NN)ncnc1N(C)C(C)c1cccs1. The van der Waals surface area contributed by atoms with E-state index in [-0.39, 0.29) is 6.04 Å². The predicted octanol–water partition coefficient (Wildman–Crippen LogP) is 2.33. The van der Waals surface area contributed by atoms with Gasteiger partial charge >= 0.3 is 0 Å². The van der Waals surface area contributed by atoms with Crippen molar-refractivity contribution in [1.82, 2.24) is 9.97 Å². The Hall–Kier alpha value is -1.66. The van der Waals surface area contributed by atoms with Crippen molar-refractivity contribution in [1.29, 1.82) is 0 Å². The molecular weight excluding hydrogens is 246 g/mol. The van der Waals surface area contributed by atoms with Gasteiger partial charge in [-0.05, 0) is 25.3 Å². The standard InChI is InChI=1S/C12H17N5S/c1-8-11(16-13)14-7-15-12(8)17(3)9(2)10-5-4-6-18-10/h4-7,9H,13H2,1-3H3,(H,14,15,16). The lowest BCUT2D eigenvalue weighted by Crippen LogP contribution is -2.24. The molecular formula is C12H17N5S. The van der Waals surface area contributed by atoms with Crippen molar-refractivity contribution in [3.8, 4) is 0 Å². The van der Waals surface area contributed by atoms with Crippen LogP contribution in [-0.4, -0.2) is 17.0 Å². The molecule has 0 saturated heterocycles. The van der Waals surface area contributed by atoms with Crippen LogP contribution in [0.15, 0.2) is 23.8 Å². The molecule has 0 aliphatic rings. The van der Waals surface area contributed by atoms with E-state index >= 15 is 0 Å². The van der Waals surface area contributed by atoms with Crippen LogP contribution in [-0.2, 0) is 0 Å². The molecule has 96 valence electrons. The van der Waals surface area contributed by atoms with E-state index in [1.165, 1.54) is 11.2 Å². The molecule has 0 aliphatic heterocycles. The van der Waals surface area contributed by atoms with Crippen molar-refractivity contribution < 1.29 is 0 Å². The highest BCUT2D eigenvalue weighted by Crippen LogP contribution is 2.30. The molecule has 0 bridgehead atoms. The molecule has 5 nitrogen and oxygen atoms in total. The number of nitrogen functional groups attached to an aromatic ring is 1. The Morgan fingerprint density at radius 3 is 2.83 bits per heavy atom. The lowest BCUT2D eigenvalue weighted by Gasteiger charge is -2.26. The molecule has 18 heavy (non-hydrogen) atoms. The first-order chi connectivity index (χ1) is 8.65. The van der Waals surface area contributed by atoms with Gasteiger partial charge in [-0.2, -0.15) is 0 Å². The third-order valence-corrected chi connectivity index (χ3v) is 4.11. The maximum absolute atomic E-state index is 5.43. The largest absolute Gasteiger partial charge is 0.352 e. The summed E-state index contributed by atoms with van der Waals surface area (Å²) < 4.78 is 0. The van der Waals surface area contributed by atoms with E-state index in [0.717, 1.165) is 11.4 Å². The number of nitrogens with two attached hydrogens (primary N) is 1. The van der Waals surface area contributed by atoms with Gasteiger partial charge in [0.1, 0.15) is 18.0 Å². The summed E-state index contributed by atoms with van der Waals surface area (Å²) in [5, 5.41) is 2.08. The molecule has 2 heterocycles. The number of thiophene rings is 1. The molecule has 2 aromatic heterocycles. The van der Waals surface area contributed by atoms with Gasteiger partial charge in [-0.1, -0.05) is 6.07 Å². The molecule has 0 spiro atoms. The lowest BCUT2D eigenvalue weighted by molar-refractivity contribution is 0.737. The fraction of sp³-hybridized carbons (Fsp3) is 0.333. The Labute approximate surface area is 111 Å². The molecule has 2 aromatic rings. The summed E-state index contributed by atoms with van der Waals surface area (Å²) in [6.45, 7) is 4.12. The van der Waals surface area contributed by atoms with E-state index in [4.69, 9.17) is 5.84 Å². The first-order valence-corrected chi connectivity index (χ1v) is 6.57. The Kier molecular flexibility index (Phi) is 3.78. The van der Waals surface area contributed by atoms with Crippen molar-refractivity contribution in [2.75, 3.05) is 17.4 Å². The van der Waals surface area contributed by atoms with Gasteiger partial charge in [0.25, 0.3) is 0 Å². The van der Waals surface area contributed by atoms with E-state index < -0.39 is 0 Å². The molecule has 1 atom stereocenters. The third-order valence-electron chi connectivity index (χ3n) is 3.06. The Bertz CT molecular complexity index is 511. The molecule has 3 N–H and O–H groups in total. The van der Waals surface area contributed by atoms with Crippen LogP contribution in [0.3, 0.4) is 0 Å². The van der Waals surface area contributed by atoms with E-state index in [1.807, 2.05) is 14.0 Å². The van der Waals surface area contributed by atoms with Gasteiger partial charge in [0.15, 0.2) is 0 Å². The van der Waals surface area contributed by atoms with Crippen LogP contribution in [0.4, 0.5) is 11.6 Å². The lowest BCUT2D eigenvalue weighted by atomic mass is 10.2. The molecule has 0 amide bonds. The zero-order chi connectivity index (χ0) is 13.1. The molecule has 0 radical (unpaired) electrons. The van der Waals surface area contributed by atoms with Gasteiger partial charge in [-0.15, -0.1) is 11.3 Å². The smallest absolute Gasteiger partial charge is 0.148 e. The second-order valence-electron chi connectivity index (χ2n) is 4.12. The Morgan fingerprint density at radius 2 is 2.22 bits per heavy atom. The number of hydrazine groups is 1. The van der Waals surface area contributed by atoms with Crippen LogP contribution >= 0.6 is 11.3 Å². The first-order valence-electron chi connectivity index (χ1n) is 5.69. The highest BCUT2D eigenvalue weighted by atomic mass is 32.1. The number of anilines is 2. The summed E-state index contributed by atoms with van der Waals surface area (Å²) in [7, 11) is 2.03. The van der Waals surface area contributed by atoms with E-state index in [1.54, 1.807) is 11.3 Å². The van der Waals surface area contributed by atoms with Crippen LogP contribution in [0.2, 0.25) is 0 Å². The summed E-state index contributed by atoms with van der Waals surface area (Å²) in [5.74, 6) is 6.98. The van der Waals surface area contributed by atoms with Gasteiger partial charge in [0, 0.05) is 17.5 Å². The zero-order valence-corrected chi connectivity index (χ0v) is 11.5. The Morgan fingerprint density at radius 1 is 1.44 bits per heavy atom. The van der Waals surface area contributed by atoms with Gasteiger partial charge in [0.05, 0.1) is 6.04 Å². The number of nitrogens with one attached hydrogen (secondary N) is 1. The van der Waals surface area contributed by atoms with E-state index in [0.29, 0.717) is 5.82 Å². The summed E-state index contributed by atoms with van der Waals surface area (Å²) in [6.07, 6.45) is 1.52. The molecule has 2 rings (SSSR count). The second kappa shape index (κ2) is 5.32. The maximum Gasteiger partial charge on any atom is 0.148 e. The summed E-state index contributed by atoms with van der Waals surface area (Å²) in [4.78, 5) is 11.9. The number of rotatable bonds is 4. The van der Waals surface area contributed by atoms with Crippen LogP contribution in [0.25, 0.3) is 0 Å². The fourth-order valence-electron chi connectivity index (χ4n) is 1.85. The van der Waals surface area contributed by atoms with Crippen LogP contribution < -0.4 is 16.2 Å². The van der Waals surface area contributed by atoms with Crippen molar-refractivity contribution in [3.63, 3.8) is 0 Å². The highest BCUT2D eigenvalue weighted by Gasteiger charge is 2.17. The topological polar surface area (TPSA) is 67.1 Å². The van der Waals surface area contributed by atoms with Crippen molar-refractivity contribution in [2.24, 2.45) is 5.84 Å². The minimum absolute atomic E-state index is 0.268. The molecule has 1 unspecified atom stereocenters. The highest BCUT2D eigenvalue weighted by molar-refractivity contribution is 7.10. The van der Waals surface area contributed by atoms with Crippen LogP contribution in [0, 0.1) is 6.92 Å². The average Bonchev–Trinajstić information content (AvgIpc) is 2.91. The Balaban J connectivity index is 2.31. The van der Waals surface area contributed by atoms with E-state index in [2.05, 4.69) is 44.7 Å².